The number of furan rings is 1. The van der Waals surface area contributed by atoms with Crippen LogP contribution in [0.15, 0.2) is 45.7 Å². The summed E-state index contributed by atoms with van der Waals surface area (Å²) in [7, 11) is 1.63. The lowest BCUT2D eigenvalue weighted by Crippen LogP contribution is -2.01. The van der Waals surface area contributed by atoms with Crippen LogP contribution in [0.1, 0.15) is 17.2 Å². The van der Waals surface area contributed by atoms with E-state index in [0.29, 0.717) is 11.1 Å². The van der Waals surface area contributed by atoms with Crippen molar-refractivity contribution in [1.29, 1.82) is 0 Å². The topological polar surface area (TPSA) is 42.6 Å². The summed E-state index contributed by atoms with van der Waals surface area (Å²) >= 11 is 3.26. The Morgan fingerprint density at radius 1 is 1.29 bits per heavy atom. The maximum absolute atomic E-state index is 10.0. The van der Waals surface area contributed by atoms with Crippen molar-refractivity contribution in [3.63, 3.8) is 0 Å². The van der Waals surface area contributed by atoms with Gasteiger partial charge in [-0.1, -0.05) is 12.1 Å². The molecule has 0 saturated heterocycles. The first-order chi connectivity index (χ1) is 8.20. The number of methoxy groups -OCH3 is 1. The van der Waals surface area contributed by atoms with Gasteiger partial charge in [0, 0.05) is 12.0 Å². The highest BCUT2D eigenvalue weighted by Gasteiger charge is 2.14. The van der Waals surface area contributed by atoms with Crippen LogP contribution in [-0.2, 0) is 6.42 Å². The Morgan fingerprint density at radius 3 is 2.53 bits per heavy atom. The molecule has 2 aromatic rings. The van der Waals surface area contributed by atoms with E-state index in [1.165, 1.54) is 0 Å². The molecule has 1 aromatic carbocycles. The van der Waals surface area contributed by atoms with Gasteiger partial charge in [0.05, 0.1) is 19.5 Å². The van der Waals surface area contributed by atoms with Crippen LogP contribution in [0.4, 0.5) is 0 Å². The van der Waals surface area contributed by atoms with Crippen LogP contribution in [0.3, 0.4) is 0 Å². The van der Waals surface area contributed by atoms with Gasteiger partial charge in [-0.3, -0.25) is 0 Å². The van der Waals surface area contributed by atoms with Gasteiger partial charge in [0.1, 0.15) is 5.75 Å². The fraction of sp³-hybridized carbons (Fsp3) is 0.231. The molecule has 0 bridgehead atoms. The minimum Gasteiger partial charge on any atom is -0.497 e. The lowest BCUT2D eigenvalue weighted by molar-refractivity contribution is 0.176. The summed E-state index contributed by atoms with van der Waals surface area (Å²) in [6.07, 6.45) is 1.52. The molecule has 0 amide bonds. The fourth-order valence-corrected chi connectivity index (χ4v) is 2.14. The van der Waals surface area contributed by atoms with Gasteiger partial charge in [-0.05, 0) is 39.7 Å². The lowest BCUT2D eigenvalue weighted by Gasteiger charge is -2.09. The second kappa shape index (κ2) is 5.38. The summed E-state index contributed by atoms with van der Waals surface area (Å²) in [4.78, 5) is 0. The van der Waals surface area contributed by atoms with Crippen LogP contribution < -0.4 is 4.74 Å². The highest BCUT2D eigenvalue weighted by atomic mass is 79.9. The molecule has 0 radical (unpaired) electrons. The molecule has 90 valence electrons. The van der Waals surface area contributed by atoms with E-state index < -0.39 is 6.10 Å². The molecule has 0 aliphatic carbocycles. The molecule has 1 heterocycles. The van der Waals surface area contributed by atoms with Crippen LogP contribution in [0.2, 0.25) is 0 Å². The van der Waals surface area contributed by atoms with Crippen LogP contribution in [0.25, 0.3) is 0 Å². The standard InChI is InChI=1S/C13H13BrO3/c1-16-10-4-2-9(3-5-10)8-12(15)11-6-7-17-13(11)14/h2-7,12,15H,8H2,1H3. The van der Waals surface area contributed by atoms with Crippen molar-refractivity contribution in [2.75, 3.05) is 7.11 Å². The van der Waals surface area contributed by atoms with Gasteiger partial charge in [0.2, 0.25) is 0 Å². The Balaban J connectivity index is 2.07. The fourth-order valence-electron chi connectivity index (χ4n) is 1.64. The molecule has 1 atom stereocenters. The van der Waals surface area contributed by atoms with E-state index in [-0.39, 0.29) is 0 Å². The first kappa shape index (κ1) is 12.2. The maximum atomic E-state index is 10.0. The average Bonchev–Trinajstić information content (AvgIpc) is 2.76. The number of aliphatic hydroxyl groups excluding tert-OH is 1. The largest absolute Gasteiger partial charge is 0.497 e. The number of ether oxygens (including phenoxy) is 1. The van der Waals surface area contributed by atoms with Gasteiger partial charge in [-0.25, -0.2) is 0 Å². The second-order valence-electron chi connectivity index (χ2n) is 3.72. The molecule has 2 rings (SSSR count). The average molecular weight is 297 g/mol. The number of hydrogen-bond donors (Lipinski definition) is 1. The third-order valence-corrected chi connectivity index (χ3v) is 3.24. The molecule has 0 aliphatic rings. The Kier molecular flexibility index (Phi) is 3.86. The van der Waals surface area contributed by atoms with Gasteiger partial charge in [0.15, 0.2) is 4.67 Å². The summed E-state index contributed by atoms with van der Waals surface area (Å²) in [6, 6.07) is 9.41. The van der Waals surface area contributed by atoms with Crippen molar-refractivity contribution in [3.05, 3.63) is 52.4 Å². The second-order valence-corrected chi connectivity index (χ2v) is 4.44. The van der Waals surface area contributed by atoms with Crippen molar-refractivity contribution in [2.45, 2.75) is 12.5 Å². The normalized spacial score (nSPS) is 12.4. The molecule has 1 unspecified atom stereocenters. The van der Waals surface area contributed by atoms with Crippen molar-refractivity contribution in [2.24, 2.45) is 0 Å². The van der Waals surface area contributed by atoms with Crippen molar-refractivity contribution in [3.8, 4) is 5.75 Å². The highest BCUT2D eigenvalue weighted by molar-refractivity contribution is 9.10. The van der Waals surface area contributed by atoms with Crippen molar-refractivity contribution >= 4 is 15.9 Å². The smallest absolute Gasteiger partial charge is 0.174 e. The maximum Gasteiger partial charge on any atom is 0.174 e. The van der Waals surface area contributed by atoms with E-state index in [4.69, 9.17) is 9.15 Å². The SMILES string of the molecule is COc1ccc(CC(O)c2ccoc2Br)cc1. The van der Waals surface area contributed by atoms with Crippen LogP contribution in [0.5, 0.6) is 5.75 Å². The predicted molar refractivity (Wildman–Crippen MR) is 68.1 cm³/mol. The molecule has 0 saturated carbocycles. The number of hydrogen-bond acceptors (Lipinski definition) is 3. The zero-order valence-corrected chi connectivity index (χ0v) is 11.0. The minimum atomic E-state index is -0.573. The lowest BCUT2D eigenvalue weighted by atomic mass is 10.0. The van der Waals surface area contributed by atoms with Crippen molar-refractivity contribution in [1.82, 2.24) is 0 Å². The van der Waals surface area contributed by atoms with Gasteiger partial charge < -0.3 is 14.3 Å². The summed E-state index contributed by atoms with van der Waals surface area (Å²) in [5.74, 6) is 0.813. The van der Waals surface area contributed by atoms with E-state index in [1.54, 1.807) is 19.4 Å². The van der Waals surface area contributed by atoms with Gasteiger partial charge in [-0.2, -0.15) is 0 Å². The molecule has 0 fully saturated rings. The number of rotatable bonds is 4. The zero-order chi connectivity index (χ0) is 12.3. The monoisotopic (exact) mass is 296 g/mol. The predicted octanol–water partition coefficient (Wildman–Crippen LogP) is 3.33. The third-order valence-electron chi connectivity index (χ3n) is 2.59. The van der Waals surface area contributed by atoms with E-state index in [2.05, 4.69) is 15.9 Å². The molecule has 1 aromatic heterocycles. The number of aliphatic hydroxyl groups is 1. The molecule has 4 heteroatoms. The van der Waals surface area contributed by atoms with Gasteiger partial charge in [0.25, 0.3) is 0 Å². The van der Waals surface area contributed by atoms with E-state index in [0.717, 1.165) is 16.9 Å². The quantitative estimate of drug-likeness (QED) is 0.941. The Morgan fingerprint density at radius 2 is 2.00 bits per heavy atom. The highest BCUT2D eigenvalue weighted by Crippen LogP contribution is 2.27. The summed E-state index contributed by atoms with van der Waals surface area (Å²) < 4.78 is 10.8. The van der Waals surface area contributed by atoms with Crippen molar-refractivity contribution < 1.29 is 14.3 Å². The summed E-state index contributed by atoms with van der Waals surface area (Å²) in [6.45, 7) is 0. The molecule has 0 spiro atoms. The van der Waals surface area contributed by atoms with E-state index in [9.17, 15) is 5.11 Å². The van der Waals surface area contributed by atoms with Crippen LogP contribution in [-0.4, -0.2) is 12.2 Å². The molecule has 1 N–H and O–H groups in total. The Bertz CT molecular complexity index is 476. The Hall–Kier alpha value is -1.26. The molecular weight excluding hydrogens is 284 g/mol. The first-order valence-electron chi connectivity index (χ1n) is 5.24. The van der Waals surface area contributed by atoms with Gasteiger partial charge in [-0.15, -0.1) is 0 Å². The summed E-state index contributed by atoms with van der Waals surface area (Å²) in [5, 5.41) is 10.0. The Labute approximate surface area is 108 Å². The molecule has 3 nitrogen and oxygen atoms in total. The van der Waals surface area contributed by atoms with E-state index >= 15 is 0 Å². The van der Waals surface area contributed by atoms with E-state index in [1.807, 2.05) is 24.3 Å². The van der Waals surface area contributed by atoms with Crippen LogP contribution in [0, 0.1) is 0 Å². The third kappa shape index (κ3) is 2.90. The molecule has 17 heavy (non-hydrogen) atoms. The number of benzene rings is 1. The number of halogens is 1. The summed E-state index contributed by atoms with van der Waals surface area (Å²) in [5.41, 5.74) is 1.81. The van der Waals surface area contributed by atoms with Gasteiger partial charge >= 0.3 is 0 Å². The zero-order valence-electron chi connectivity index (χ0n) is 9.39. The first-order valence-corrected chi connectivity index (χ1v) is 6.04. The molecule has 0 aliphatic heterocycles. The molecular formula is C13H13BrO3. The van der Waals surface area contributed by atoms with Crippen LogP contribution >= 0.6 is 15.9 Å². The minimum absolute atomic E-state index is 0.544.